The third kappa shape index (κ3) is 5.55. The maximum absolute atomic E-state index is 13.3. The van der Waals surface area contributed by atoms with Crippen molar-refractivity contribution < 1.29 is 19.4 Å². The number of ether oxygens (including phenoxy) is 1. The molecule has 1 amide bonds. The van der Waals surface area contributed by atoms with Gasteiger partial charge in [0, 0.05) is 32.2 Å². The number of anilines is 1. The number of hydrogen-bond acceptors (Lipinski definition) is 5. The van der Waals surface area contributed by atoms with Crippen molar-refractivity contribution in [3.8, 4) is 5.69 Å². The largest absolute Gasteiger partial charge is 0.480 e. The smallest absolute Gasteiger partial charge is 0.333 e. The van der Waals surface area contributed by atoms with Gasteiger partial charge < -0.3 is 20.1 Å². The molecule has 5 rings (SSSR count). The Morgan fingerprint density at radius 2 is 1.61 bits per heavy atom. The molecular formula is C29H27Cl3N4O5. The lowest BCUT2D eigenvalue weighted by atomic mass is 9.92. The van der Waals surface area contributed by atoms with E-state index >= 15 is 0 Å². The van der Waals surface area contributed by atoms with E-state index in [4.69, 9.17) is 39.5 Å². The summed E-state index contributed by atoms with van der Waals surface area (Å²) in [5, 5.41) is 13.4. The highest BCUT2D eigenvalue weighted by Gasteiger charge is 2.36. The van der Waals surface area contributed by atoms with E-state index in [0.717, 1.165) is 5.69 Å². The summed E-state index contributed by atoms with van der Waals surface area (Å²) in [4.78, 5) is 40.7. The Morgan fingerprint density at radius 1 is 0.976 bits per heavy atom. The third-order valence-corrected chi connectivity index (χ3v) is 8.17. The topological polar surface area (TPSA) is 106 Å². The summed E-state index contributed by atoms with van der Waals surface area (Å²) < 4.78 is 8.39. The van der Waals surface area contributed by atoms with Gasteiger partial charge in [0.2, 0.25) is 0 Å². The van der Waals surface area contributed by atoms with E-state index in [1.807, 2.05) is 11.0 Å². The molecule has 1 aliphatic rings. The molecule has 1 unspecified atom stereocenters. The quantitative estimate of drug-likeness (QED) is 0.304. The van der Waals surface area contributed by atoms with Crippen LogP contribution in [0.15, 0.2) is 59.4 Å². The minimum Gasteiger partial charge on any atom is -0.480 e. The Kier molecular flexibility index (Phi) is 8.07. The zero-order valence-electron chi connectivity index (χ0n) is 22.3. The fraction of sp³-hybridized carbons (Fsp3) is 0.276. The lowest BCUT2D eigenvalue weighted by Crippen LogP contribution is -2.54. The monoisotopic (exact) mass is 616 g/mol. The van der Waals surface area contributed by atoms with Gasteiger partial charge in [-0.3, -0.25) is 13.9 Å². The molecule has 3 aromatic carbocycles. The number of carbonyl (C=O) groups excluding carboxylic acids is 1. The SMILES string of the molecule is Cn1c(=O)n(-c2ccc(CC(C)(NC(=O)c3c(Cl)cc(N4CCOCC4)cc3Cl)C(=O)O)cc2)c2c(Cl)cccc21. The van der Waals surface area contributed by atoms with Crippen molar-refractivity contribution in [3.05, 3.63) is 91.3 Å². The predicted molar refractivity (Wildman–Crippen MR) is 160 cm³/mol. The van der Waals surface area contributed by atoms with Gasteiger partial charge in [0.15, 0.2) is 0 Å². The summed E-state index contributed by atoms with van der Waals surface area (Å²) in [5.74, 6) is -1.93. The molecule has 0 bridgehead atoms. The van der Waals surface area contributed by atoms with E-state index in [-0.39, 0.29) is 27.7 Å². The van der Waals surface area contributed by atoms with Crippen LogP contribution in [0.1, 0.15) is 22.8 Å². The number of benzene rings is 3. The van der Waals surface area contributed by atoms with E-state index in [0.29, 0.717) is 53.6 Å². The molecule has 4 aromatic rings. The van der Waals surface area contributed by atoms with Crippen LogP contribution < -0.4 is 15.9 Å². The van der Waals surface area contributed by atoms with Crippen molar-refractivity contribution in [2.75, 3.05) is 31.2 Å². The zero-order chi connectivity index (χ0) is 29.5. The van der Waals surface area contributed by atoms with Crippen LogP contribution in [0.4, 0.5) is 5.69 Å². The molecule has 0 saturated carbocycles. The van der Waals surface area contributed by atoms with Crippen molar-refractivity contribution in [1.29, 1.82) is 0 Å². The van der Waals surface area contributed by atoms with E-state index in [2.05, 4.69) is 5.32 Å². The van der Waals surface area contributed by atoms with Gasteiger partial charge in [-0.2, -0.15) is 0 Å². The Balaban J connectivity index is 1.39. The number of amides is 1. The van der Waals surface area contributed by atoms with Crippen LogP contribution in [0.5, 0.6) is 0 Å². The molecule has 0 radical (unpaired) electrons. The van der Waals surface area contributed by atoms with Crippen molar-refractivity contribution >= 4 is 63.4 Å². The molecule has 1 fully saturated rings. The first-order chi connectivity index (χ1) is 19.5. The molecule has 0 spiro atoms. The van der Waals surface area contributed by atoms with Crippen LogP contribution in [-0.4, -0.2) is 58.0 Å². The van der Waals surface area contributed by atoms with Crippen molar-refractivity contribution in [1.82, 2.24) is 14.5 Å². The molecule has 214 valence electrons. The van der Waals surface area contributed by atoms with Gasteiger partial charge in [0.05, 0.1) is 50.6 Å². The van der Waals surface area contributed by atoms with Crippen molar-refractivity contribution in [2.24, 2.45) is 7.05 Å². The van der Waals surface area contributed by atoms with Gasteiger partial charge in [-0.1, -0.05) is 53.0 Å². The zero-order valence-corrected chi connectivity index (χ0v) is 24.6. The second kappa shape index (κ2) is 11.4. The van der Waals surface area contributed by atoms with E-state index in [9.17, 15) is 19.5 Å². The summed E-state index contributed by atoms with van der Waals surface area (Å²) in [7, 11) is 1.67. The van der Waals surface area contributed by atoms with Crippen LogP contribution in [-0.2, 0) is 23.0 Å². The highest BCUT2D eigenvalue weighted by molar-refractivity contribution is 6.40. The van der Waals surface area contributed by atoms with Crippen LogP contribution in [0.25, 0.3) is 16.7 Å². The molecule has 9 nitrogen and oxygen atoms in total. The molecule has 0 aliphatic carbocycles. The number of aromatic nitrogens is 2. The maximum atomic E-state index is 13.3. The summed E-state index contributed by atoms with van der Waals surface area (Å²) in [6.07, 6.45) is -0.0410. The summed E-state index contributed by atoms with van der Waals surface area (Å²) in [6.45, 7) is 3.89. The predicted octanol–water partition coefficient (Wildman–Crippen LogP) is 4.94. The van der Waals surface area contributed by atoms with Crippen LogP contribution >= 0.6 is 34.8 Å². The minimum atomic E-state index is -1.69. The van der Waals surface area contributed by atoms with Gasteiger partial charge in [0.1, 0.15) is 5.54 Å². The number of para-hydroxylation sites is 1. The first-order valence-corrected chi connectivity index (χ1v) is 14.0. The number of carbonyl (C=O) groups is 2. The number of fused-ring (bicyclic) bond motifs is 1. The molecule has 2 heterocycles. The fourth-order valence-corrected chi connectivity index (χ4v) is 5.92. The summed E-state index contributed by atoms with van der Waals surface area (Å²) >= 11 is 19.4. The molecule has 41 heavy (non-hydrogen) atoms. The number of imidazole rings is 1. The molecule has 12 heteroatoms. The molecule has 1 aromatic heterocycles. The third-order valence-electron chi connectivity index (χ3n) is 7.27. The number of nitrogens with zero attached hydrogens (tertiary/aromatic N) is 3. The first-order valence-electron chi connectivity index (χ1n) is 12.8. The van der Waals surface area contributed by atoms with E-state index in [1.165, 1.54) is 16.1 Å². The van der Waals surface area contributed by atoms with Crippen LogP contribution in [0, 0.1) is 0 Å². The van der Waals surface area contributed by atoms with E-state index in [1.54, 1.807) is 55.6 Å². The second-order valence-electron chi connectivity index (χ2n) is 10.1. The minimum absolute atomic E-state index is 0.000348. The maximum Gasteiger partial charge on any atom is 0.333 e. The highest BCUT2D eigenvalue weighted by atomic mass is 35.5. The average Bonchev–Trinajstić information content (AvgIpc) is 3.20. The Labute approximate surface area is 250 Å². The second-order valence-corrected chi connectivity index (χ2v) is 11.3. The van der Waals surface area contributed by atoms with Crippen molar-refractivity contribution in [3.63, 3.8) is 0 Å². The number of aryl methyl sites for hydroxylation is 1. The lowest BCUT2D eigenvalue weighted by Gasteiger charge is -2.30. The number of aliphatic carboxylic acids is 1. The highest BCUT2D eigenvalue weighted by Crippen LogP contribution is 2.32. The Morgan fingerprint density at radius 3 is 2.22 bits per heavy atom. The van der Waals surface area contributed by atoms with Gasteiger partial charge >= 0.3 is 11.7 Å². The molecule has 1 saturated heterocycles. The van der Waals surface area contributed by atoms with Crippen molar-refractivity contribution in [2.45, 2.75) is 18.9 Å². The number of carboxylic acids is 1. The van der Waals surface area contributed by atoms with Crippen LogP contribution in [0.3, 0.4) is 0 Å². The number of carboxylic acid groups (broad SMARTS) is 1. The average molecular weight is 618 g/mol. The molecule has 1 aliphatic heterocycles. The normalized spacial score (nSPS) is 15.1. The standard InChI is InChI=1S/C29H27Cl3N4O5/c1-29(27(38)39,33-26(37)24-21(31)14-19(15-22(24)32)35-10-12-41-13-11-35)16-17-6-8-18(9-7-17)36-25-20(30)4-3-5-23(25)34(2)28(36)40/h3-9,14-15H,10-13,16H2,1-2H3,(H,33,37)(H,38,39). The van der Waals surface area contributed by atoms with E-state index < -0.39 is 17.4 Å². The number of hydrogen-bond donors (Lipinski definition) is 2. The summed E-state index contributed by atoms with van der Waals surface area (Å²) in [6, 6.07) is 15.4. The Hall–Kier alpha value is -3.50. The lowest BCUT2D eigenvalue weighted by molar-refractivity contribution is -0.143. The molecule has 1 atom stereocenters. The molecular weight excluding hydrogens is 591 g/mol. The Bertz CT molecular complexity index is 1690. The number of rotatable bonds is 7. The molecule has 2 N–H and O–H groups in total. The number of halogens is 3. The van der Waals surface area contributed by atoms with Gasteiger partial charge in [-0.05, 0) is 48.9 Å². The summed E-state index contributed by atoms with van der Waals surface area (Å²) in [5.41, 5.74) is 1.25. The van der Waals surface area contributed by atoms with Gasteiger partial charge in [0.25, 0.3) is 5.91 Å². The number of morpholine rings is 1. The first kappa shape index (κ1) is 29.0. The van der Waals surface area contributed by atoms with Gasteiger partial charge in [-0.15, -0.1) is 0 Å². The fourth-order valence-electron chi connectivity index (χ4n) is 5.02. The van der Waals surface area contributed by atoms with Crippen LogP contribution in [0.2, 0.25) is 15.1 Å². The number of nitrogens with one attached hydrogen (secondary N) is 1. The van der Waals surface area contributed by atoms with Gasteiger partial charge in [-0.25, -0.2) is 9.59 Å².